The van der Waals surface area contributed by atoms with Crippen LogP contribution in [0.3, 0.4) is 0 Å². The minimum absolute atomic E-state index is 0.106. The summed E-state index contributed by atoms with van der Waals surface area (Å²) in [5.74, 6) is 0.236. The SMILES string of the molecule is CCCCCCCCCCCCCCC(=O)O[C@H](COC(=O)CCCCCCCCCC(C)C)COP(=O)(O)OC[C@H](O)COP(=O)(O)OC[C@@H](COC(=O)CCCCCCCCCCC(C)CC)OC(=O)CCCCCCCCCCCCCCCCCCCCC(C)CC. The van der Waals surface area contributed by atoms with Gasteiger partial charge in [0, 0.05) is 25.7 Å². The molecular formula is C77H150O17P2. The molecule has 0 saturated carbocycles. The topological polar surface area (TPSA) is 237 Å². The summed E-state index contributed by atoms with van der Waals surface area (Å²) in [6.45, 7) is 11.9. The normalized spacial score (nSPS) is 14.6. The number of ether oxygens (including phenoxy) is 4. The summed E-state index contributed by atoms with van der Waals surface area (Å²) in [6.07, 6.45) is 54.1. The highest BCUT2D eigenvalue weighted by Gasteiger charge is 2.30. The van der Waals surface area contributed by atoms with Gasteiger partial charge < -0.3 is 33.8 Å². The molecule has 0 bridgehead atoms. The first kappa shape index (κ1) is 94.1. The van der Waals surface area contributed by atoms with E-state index in [2.05, 4.69) is 48.5 Å². The highest BCUT2D eigenvalue weighted by Crippen LogP contribution is 2.45. The number of unbranched alkanes of at least 4 members (excludes halogenated alkanes) is 41. The van der Waals surface area contributed by atoms with Crippen molar-refractivity contribution in [2.75, 3.05) is 39.6 Å². The van der Waals surface area contributed by atoms with Gasteiger partial charge >= 0.3 is 39.5 Å². The van der Waals surface area contributed by atoms with Gasteiger partial charge in [0.15, 0.2) is 12.2 Å². The lowest BCUT2D eigenvalue weighted by molar-refractivity contribution is -0.161. The summed E-state index contributed by atoms with van der Waals surface area (Å²) in [4.78, 5) is 72.8. The Kier molecular flexibility index (Phi) is 66.2. The highest BCUT2D eigenvalue weighted by molar-refractivity contribution is 7.47. The lowest BCUT2D eigenvalue weighted by Gasteiger charge is -2.21. The summed E-state index contributed by atoms with van der Waals surface area (Å²) >= 11 is 0. The van der Waals surface area contributed by atoms with Gasteiger partial charge in [0.1, 0.15) is 19.3 Å². The first-order valence-corrected chi connectivity index (χ1v) is 42.9. The molecule has 0 saturated heterocycles. The zero-order chi connectivity index (χ0) is 70.9. The standard InChI is InChI=1S/C77H150O17P2/c1-8-11-12-13-14-15-16-26-29-38-46-53-60-76(81)94-73(65-88-75(80)59-52-45-40-33-34-41-48-55-68(4)5)67-92-96(85,86)90-63-71(78)62-89-95(83,84)91-66-72(64-87-74(79)58-51-44-37-32-31-36-43-50-57-70(7)10-3)93-77(82)61-54-47-39-30-27-24-22-20-18-17-19-21-23-25-28-35-42-49-56-69(6)9-2/h68-73,78H,8-67H2,1-7H3,(H,83,84)(H,85,86)/t69?,70?,71-,72-,73-/m1/s1. The van der Waals surface area contributed by atoms with E-state index in [1.54, 1.807) is 0 Å². The van der Waals surface area contributed by atoms with Crippen LogP contribution in [0.4, 0.5) is 0 Å². The van der Waals surface area contributed by atoms with Crippen molar-refractivity contribution >= 4 is 39.5 Å². The maximum Gasteiger partial charge on any atom is 0.472 e. The molecule has 7 atom stereocenters. The monoisotopic (exact) mass is 1410 g/mol. The fraction of sp³-hybridized carbons (Fsp3) is 0.948. The summed E-state index contributed by atoms with van der Waals surface area (Å²) in [5, 5.41) is 10.6. The van der Waals surface area contributed by atoms with Gasteiger partial charge in [-0.05, 0) is 43.4 Å². The number of rotatable bonds is 75. The summed E-state index contributed by atoms with van der Waals surface area (Å²) in [5.41, 5.74) is 0. The number of hydrogen-bond donors (Lipinski definition) is 3. The quantitative estimate of drug-likeness (QED) is 0.0222. The average molecular weight is 1410 g/mol. The molecule has 3 N–H and O–H groups in total. The molecule has 0 aliphatic heterocycles. The Morgan fingerprint density at radius 3 is 0.792 bits per heavy atom. The summed E-state index contributed by atoms with van der Waals surface area (Å²) in [6, 6.07) is 0. The van der Waals surface area contributed by atoms with E-state index in [0.29, 0.717) is 31.6 Å². The van der Waals surface area contributed by atoms with Crippen LogP contribution in [0.25, 0.3) is 0 Å². The van der Waals surface area contributed by atoms with Crippen molar-refractivity contribution < 1.29 is 80.2 Å². The molecule has 0 fully saturated rings. The molecule has 17 nitrogen and oxygen atoms in total. The van der Waals surface area contributed by atoms with E-state index < -0.39 is 97.5 Å². The molecular weight excluding hydrogens is 1260 g/mol. The van der Waals surface area contributed by atoms with Gasteiger partial charge in [0.05, 0.1) is 26.4 Å². The third kappa shape index (κ3) is 67.9. The van der Waals surface area contributed by atoms with Crippen LogP contribution in [0.5, 0.6) is 0 Å². The minimum Gasteiger partial charge on any atom is -0.462 e. The molecule has 96 heavy (non-hydrogen) atoms. The van der Waals surface area contributed by atoms with Crippen LogP contribution in [-0.4, -0.2) is 96.7 Å². The van der Waals surface area contributed by atoms with Crippen LogP contribution in [0.1, 0.15) is 395 Å². The molecule has 570 valence electrons. The Labute approximate surface area is 588 Å². The van der Waals surface area contributed by atoms with Gasteiger partial charge in [-0.2, -0.15) is 0 Å². The van der Waals surface area contributed by atoms with Crippen molar-refractivity contribution in [3.8, 4) is 0 Å². The third-order valence-electron chi connectivity index (χ3n) is 18.6. The van der Waals surface area contributed by atoms with Crippen LogP contribution in [0.2, 0.25) is 0 Å². The van der Waals surface area contributed by atoms with Crippen LogP contribution in [0.15, 0.2) is 0 Å². The van der Waals surface area contributed by atoms with E-state index >= 15 is 0 Å². The Hall–Kier alpha value is -1.94. The van der Waals surface area contributed by atoms with Crippen LogP contribution in [0, 0.1) is 17.8 Å². The zero-order valence-electron chi connectivity index (χ0n) is 62.8. The Morgan fingerprint density at radius 1 is 0.302 bits per heavy atom. The first-order chi connectivity index (χ1) is 46.3. The fourth-order valence-corrected chi connectivity index (χ4v) is 13.3. The number of phosphoric acid groups is 2. The molecule has 0 radical (unpaired) electrons. The van der Waals surface area contributed by atoms with Crippen molar-refractivity contribution in [3.63, 3.8) is 0 Å². The lowest BCUT2D eigenvalue weighted by Crippen LogP contribution is -2.30. The molecule has 0 rings (SSSR count). The zero-order valence-corrected chi connectivity index (χ0v) is 64.6. The molecule has 0 aromatic rings. The van der Waals surface area contributed by atoms with Gasteiger partial charge in [0.2, 0.25) is 0 Å². The number of phosphoric ester groups is 2. The van der Waals surface area contributed by atoms with Crippen molar-refractivity contribution in [2.24, 2.45) is 17.8 Å². The van der Waals surface area contributed by atoms with Crippen LogP contribution < -0.4 is 0 Å². The minimum atomic E-state index is -4.96. The molecule has 4 unspecified atom stereocenters. The molecule has 0 amide bonds. The van der Waals surface area contributed by atoms with Crippen molar-refractivity contribution in [2.45, 2.75) is 414 Å². The molecule has 0 spiro atoms. The fourth-order valence-electron chi connectivity index (χ4n) is 11.7. The molecule has 19 heteroatoms. The molecule has 0 aliphatic rings. The number of carbonyl (C=O) groups excluding carboxylic acids is 4. The van der Waals surface area contributed by atoms with E-state index in [-0.39, 0.29) is 25.7 Å². The molecule has 0 aromatic heterocycles. The van der Waals surface area contributed by atoms with Gasteiger partial charge in [0.25, 0.3) is 0 Å². The second kappa shape index (κ2) is 67.5. The second-order valence-electron chi connectivity index (χ2n) is 28.7. The highest BCUT2D eigenvalue weighted by atomic mass is 31.2. The second-order valence-corrected chi connectivity index (χ2v) is 31.6. The Bertz CT molecular complexity index is 1870. The predicted molar refractivity (Wildman–Crippen MR) is 391 cm³/mol. The first-order valence-electron chi connectivity index (χ1n) is 39.9. The maximum absolute atomic E-state index is 13.1. The van der Waals surface area contributed by atoms with E-state index in [1.165, 1.54) is 199 Å². The number of aliphatic hydroxyl groups excluding tert-OH is 1. The van der Waals surface area contributed by atoms with Crippen LogP contribution in [-0.2, 0) is 65.4 Å². The van der Waals surface area contributed by atoms with Gasteiger partial charge in [-0.25, -0.2) is 9.13 Å². The third-order valence-corrected chi connectivity index (χ3v) is 20.5. The van der Waals surface area contributed by atoms with Crippen LogP contribution >= 0.6 is 15.6 Å². The Balaban J connectivity index is 5.19. The van der Waals surface area contributed by atoms with E-state index in [1.807, 2.05) is 0 Å². The van der Waals surface area contributed by atoms with Gasteiger partial charge in [-0.3, -0.25) is 37.3 Å². The molecule has 0 aromatic carbocycles. The van der Waals surface area contributed by atoms with E-state index in [4.69, 9.17) is 37.0 Å². The van der Waals surface area contributed by atoms with E-state index in [0.717, 1.165) is 108 Å². The predicted octanol–water partition coefficient (Wildman–Crippen LogP) is 22.6. The van der Waals surface area contributed by atoms with Crippen molar-refractivity contribution in [1.29, 1.82) is 0 Å². The van der Waals surface area contributed by atoms with Gasteiger partial charge in [-0.15, -0.1) is 0 Å². The number of hydrogen-bond acceptors (Lipinski definition) is 15. The summed E-state index contributed by atoms with van der Waals surface area (Å²) < 4.78 is 68.5. The van der Waals surface area contributed by atoms with E-state index in [9.17, 15) is 43.2 Å². The number of carbonyl (C=O) groups is 4. The van der Waals surface area contributed by atoms with Crippen molar-refractivity contribution in [3.05, 3.63) is 0 Å². The lowest BCUT2D eigenvalue weighted by atomic mass is 9.99. The molecule has 0 aliphatic carbocycles. The average Bonchev–Trinajstić information content (AvgIpc) is 2.88. The molecule has 0 heterocycles. The van der Waals surface area contributed by atoms with Crippen molar-refractivity contribution in [1.82, 2.24) is 0 Å². The number of esters is 4. The number of aliphatic hydroxyl groups is 1. The Morgan fingerprint density at radius 2 is 0.531 bits per heavy atom. The van der Waals surface area contributed by atoms with Gasteiger partial charge in [-0.1, -0.05) is 344 Å². The smallest absolute Gasteiger partial charge is 0.462 e. The maximum atomic E-state index is 13.1. The largest absolute Gasteiger partial charge is 0.472 e. The summed E-state index contributed by atoms with van der Waals surface area (Å²) in [7, 11) is -9.91.